The fraction of sp³-hybridized carbons (Fsp3) is 0.182. The van der Waals surface area contributed by atoms with Crippen molar-refractivity contribution in [1.82, 2.24) is 9.97 Å². The molecule has 0 bridgehead atoms. The van der Waals surface area contributed by atoms with Gasteiger partial charge < -0.3 is 9.15 Å². The van der Waals surface area contributed by atoms with Gasteiger partial charge in [-0.15, -0.1) is 0 Å². The van der Waals surface area contributed by atoms with Crippen LogP contribution in [0.2, 0.25) is 5.28 Å². The van der Waals surface area contributed by atoms with Crippen molar-refractivity contribution in [2.45, 2.75) is 6.92 Å². The molecule has 2 rings (SSSR count). The molecule has 0 aliphatic rings. The Morgan fingerprint density at radius 3 is 3.12 bits per heavy atom. The van der Waals surface area contributed by atoms with Gasteiger partial charge in [-0.2, -0.15) is 4.98 Å². The zero-order valence-electron chi connectivity index (χ0n) is 9.07. The molecule has 0 radical (unpaired) electrons. The van der Waals surface area contributed by atoms with Gasteiger partial charge in [-0.05, 0) is 24.6 Å². The highest BCUT2D eigenvalue weighted by Gasteiger charge is 2.10. The maximum atomic E-state index is 11.6. The van der Waals surface area contributed by atoms with Crippen LogP contribution in [0.3, 0.4) is 0 Å². The predicted molar refractivity (Wildman–Crippen MR) is 63.7 cm³/mol. The SMILES string of the molecule is C=C(OCC)c1cc2cnc(Cl)nc2oc1=O. The lowest BCUT2D eigenvalue weighted by atomic mass is 10.2. The quantitative estimate of drug-likeness (QED) is 0.619. The van der Waals surface area contributed by atoms with Gasteiger partial charge in [0.15, 0.2) is 0 Å². The van der Waals surface area contributed by atoms with Crippen molar-refractivity contribution in [2.24, 2.45) is 0 Å². The van der Waals surface area contributed by atoms with Crippen LogP contribution in [-0.4, -0.2) is 16.6 Å². The van der Waals surface area contributed by atoms with E-state index in [0.29, 0.717) is 12.0 Å². The number of hydrogen-bond donors (Lipinski definition) is 0. The molecule has 2 aromatic heterocycles. The van der Waals surface area contributed by atoms with Crippen molar-refractivity contribution in [3.8, 4) is 0 Å². The molecule has 0 aromatic carbocycles. The Morgan fingerprint density at radius 2 is 2.41 bits per heavy atom. The number of rotatable bonds is 3. The van der Waals surface area contributed by atoms with Crippen LogP contribution in [0.1, 0.15) is 12.5 Å². The maximum absolute atomic E-state index is 11.6. The second kappa shape index (κ2) is 4.55. The van der Waals surface area contributed by atoms with Crippen LogP contribution in [0.25, 0.3) is 16.9 Å². The summed E-state index contributed by atoms with van der Waals surface area (Å²) in [5.74, 6) is 0.262. The van der Waals surface area contributed by atoms with Gasteiger partial charge in [-0.25, -0.2) is 9.78 Å². The predicted octanol–water partition coefficient (Wildman–Crippen LogP) is 2.24. The first-order chi connectivity index (χ1) is 8.11. The van der Waals surface area contributed by atoms with E-state index < -0.39 is 5.63 Å². The van der Waals surface area contributed by atoms with E-state index in [-0.39, 0.29) is 22.3 Å². The fourth-order valence-electron chi connectivity index (χ4n) is 1.34. The first-order valence-corrected chi connectivity index (χ1v) is 5.28. The third-order valence-corrected chi connectivity index (χ3v) is 2.26. The molecule has 0 fully saturated rings. The standard InChI is InChI=1S/C11H9ClN2O3/c1-3-16-6(2)8-4-7-5-13-11(12)14-9(7)17-10(8)15/h4-5H,2-3H2,1H3. The van der Waals surface area contributed by atoms with E-state index in [1.54, 1.807) is 13.0 Å². The van der Waals surface area contributed by atoms with E-state index in [2.05, 4.69) is 16.5 Å². The Hall–Kier alpha value is -1.88. The molecule has 0 amide bonds. The normalized spacial score (nSPS) is 10.5. The smallest absolute Gasteiger partial charge is 0.348 e. The second-order valence-corrected chi connectivity index (χ2v) is 3.54. The summed E-state index contributed by atoms with van der Waals surface area (Å²) in [5.41, 5.74) is -0.168. The average Bonchev–Trinajstić information content (AvgIpc) is 2.28. The summed E-state index contributed by atoms with van der Waals surface area (Å²) in [5, 5.41) is 0.585. The van der Waals surface area contributed by atoms with Crippen molar-refractivity contribution >= 4 is 28.5 Å². The Labute approximate surface area is 102 Å². The van der Waals surface area contributed by atoms with E-state index in [1.807, 2.05) is 0 Å². The molecule has 17 heavy (non-hydrogen) atoms. The van der Waals surface area contributed by atoms with E-state index >= 15 is 0 Å². The van der Waals surface area contributed by atoms with Gasteiger partial charge in [0.2, 0.25) is 11.0 Å². The van der Waals surface area contributed by atoms with Gasteiger partial charge in [0, 0.05) is 6.20 Å². The van der Waals surface area contributed by atoms with E-state index in [9.17, 15) is 4.79 Å². The molecule has 0 saturated carbocycles. The fourth-order valence-corrected chi connectivity index (χ4v) is 1.47. The monoisotopic (exact) mass is 252 g/mol. The molecule has 0 spiro atoms. The number of hydrogen-bond acceptors (Lipinski definition) is 5. The Bertz CT molecular complexity index is 636. The molecule has 2 heterocycles. The van der Waals surface area contributed by atoms with Crippen LogP contribution in [0.4, 0.5) is 0 Å². The molecular formula is C11H9ClN2O3. The summed E-state index contributed by atoms with van der Waals surface area (Å²) in [6.07, 6.45) is 1.47. The molecule has 88 valence electrons. The minimum absolute atomic E-state index is 0.0250. The highest BCUT2D eigenvalue weighted by atomic mass is 35.5. The number of aromatic nitrogens is 2. The minimum Gasteiger partial charge on any atom is -0.494 e. The molecule has 0 aliphatic carbocycles. The van der Waals surface area contributed by atoms with Crippen LogP contribution in [0.15, 0.2) is 28.1 Å². The minimum atomic E-state index is -0.564. The van der Waals surface area contributed by atoms with Crippen molar-refractivity contribution in [2.75, 3.05) is 6.61 Å². The van der Waals surface area contributed by atoms with Gasteiger partial charge >= 0.3 is 5.63 Å². The summed E-state index contributed by atoms with van der Waals surface area (Å²) in [7, 11) is 0. The zero-order chi connectivity index (χ0) is 12.4. The van der Waals surface area contributed by atoms with Crippen LogP contribution in [0.5, 0.6) is 0 Å². The molecule has 0 unspecified atom stereocenters. The van der Waals surface area contributed by atoms with Crippen molar-refractivity contribution in [1.29, 1.82) is 0 Å². The van der Waals surface area contributed by atoms with Gasteiger partial charge in [0.25, 0.3) is 0 Å². The molecule has 0 N–H and O–H groups in total. The third kappa shape index (κ3) is 2.29. The van der Waals surface area contributed by atoms with Gasteiger partial charge in [-0.3, -0.25) is 0 Å². The zero-order valence-corrected chi connectivity index (χ0v) is 9.82. The molecule has 0 saturated heterocycles. The first kappa shape index (κ1) is 11.6. The number of nitrogens with zero attached hydrogens (tertiary/aromatic N) is 2. The Morgan fingerprint density at radius 1 is 1.65 bits per heavy atom. The molecule has 2 aromatic rings. The van der Waals surface area contributed by atoms with Gasteiger partial charge in [0.05, 0.1) is 12.0 Å². The van der Waals surface area contributed by atoms with Gasteiger partial charge in [0.1, 0.15) is 11.3 Å². The van der Waals surface area contributed by atoms with Crippen LogP contribution < -0.4 is 5.63 Å². The molecular weight excluding hydrogens is 244 g/mol. The van der Waals surface area contributed by atoms with Crippen molar-refractivity contribution < 1.29 is 9.15 Å². The number of fused-ring (bicyclic) bond motifs is 1. The molecule has 0 aliphatic heterocycles. The topological polar surface area (TPSA) is 65.2 Å². The van der Waals surface area contributed by atoms with E-state index in [1.165, 1.54) is 6.20 Å². The van der Waals surface area contributed by atoms with E-state index in [4.69, 9.17) is 20.8 Å². The Balaban J connectivity index is 2.60. The third-order valence-electron chi connectivity index (χ3n) is 2.08. The summed E-state index contributed by atoms with van der Waals surface area (Å²) in [4.78, 5) is 19.3. The summed E-state index contributed by atoms with van der Waals surface area (Å²) in [6, 6.07) is 1.56. The van der Waals surface area contributed by atoms with Gasteiger partial charge in [-0.1, -0.05) is 6.58 Å². The maximum Gasteiger partial charge on any atom is 0.348 e. The second-order valence-electron chi connectivity index (χ2n) is 3.20. The lowest BCUT2D eigenvalue weighted by Gasteiger charge is -2.05. The summed E-state index contributed by atoms with van der Waals surface area (Å²) in [6.45, 7) is 5.88. The highest BCUT2D eigenvalue weighted by molar-refractivity contribution is 6.28. The lowest BCUT2D eigenvalue weighted by molar-refractivity contribution is 0.297. The van der Waals surface area contributed by atoms with Crippen molar-refractivity contribution in [3.63, 3.8) is 0 Å². The summed E-state index contributed by atoms with van der Waals surface area (Å²) >= 11 is 5.60. The lowest BCUT2D eigenvalue weighted by Crippen LogP contribution is -2.08. The van der Waals surface area contributed by atoms with Crippen molar-refractivity contribution in [3.05, 3.63) is 40.1 Å². The molecule has 6 heteroatoms. The Kier molecular flexibility index (Phi) is 3.10. The highest BCUT2D eigenvalue weighted by Crippen LogP contribution is 2.16. The first-order valence-electron chi connectivity index (χ1n) is 4.90. The van der Waals surface area contributed by atoms with Crippen LogP contribution >= 0.6 is 11.6 Å². The average molecular weight is 253 g/mol. The van der Waals surface area contributed by atoms with Crippen LogP contribution in [0, 0.1) is 0 Å². The number of ether oxygens (including phenoxy) is 1. The largest absolute Gasteiger partial charge is 0.494 e. The molecule has 5 nitrogen and oxygen atoms in total. The molecule has 0 atom stereocenters. The number of halogens is 1. The van der Waals surface area contributed by atoms with Crippen LogP contribution in [-0.2, 0) is 4.74 Å². The summed E-state index contributed by atoms with van der Waals surface area (Å²) < 4.78 is 10.2. The van der Waals surface area contributed by atoms with E-state index in [0.717, 1.165) is 0 Å².